The number of carbonyl (C=O) groups is 1. The predicted octanol–water partition coefficient (Wildman–Crippen LogP) is 5.03. The molecule has 0 N–H and O–H groups in total. The van der Waals surface area contributed by atoms with E-state index < -0.39 is 5.97 Å². The number of pyridine rings is 1. The Kier molecular flexibility index (Phi) is 5.29. The van der Waals surface area contributed by atoms with E-state index in [1.165, 1.54) is 18.3 Å². The zero-order valence-electron chi connectivity index (χ0n) is 15.1. The number of hydrogen-bond donors (Lipinski definition) is 0. The maximum atomic E-state index is 13.0. The van der Waals surface area contributed by atoms with Crippen LogP contribution in [0.15, 0.2) is 83.7 Å². The zero-order chi connectivity index (χ0) is 20.1. The lowest BCUT2D eigenvalue weighted by Gasteiger charge is -2.06. The Bertz CT molecular complexity index is 1090. The monoisotopic (exact) mass is 390 g/mol. The molecule has 0 unspecified atom stereocenters. The molecule has 2 heterocycles. The highest BCUT2D eigenvalue weighted by molar-refractivity contribution is 5.89. The topological polar surface area (TPSA) is 74.5 Å². The van der Waals surface area contributed by atoms with E-state index in [1.54, 1.807) is 60.9 Å². The van der Waals surface area contributed by atoms with Gasteiger partial charge in [0.1, 0.15) is 17.3 Å². The van der Waals surface area contributed by atoms with Crippen molar-refractivity contribution in [3.8, 4) is 22.8 Å². The quantitative estimate of drug-likeness (QED) is 0.430. The summed E-state index contributed by atoms with van der Waals surface area (Å²) >= 11 is 0. The van der Waals surface area contributed by atoms with Crippen LogP contribution < -0.4 is 4.74 Å². The number of carbonyl (C=O) groups excluding carboxylic acids is 1. The maximum Gasteiger partial charge on any atom is 0.338 e. The van der Waals surface area contributed by atoms with Gasteiger partial charge in [-0.1, -0.05) is 0 Å². The SMILES string of the molecule is O=C(OCc1ncc(-c2ccc(F)cc2)o1)c1ccc(Oc2cccnc2)cc1. The van der Waals surface area contributed by atoms with E-state index in [-0.39, 0.29) is 18.3 Å². The van der Waals surface area contributed by atoms with Gasteiger partial charge in [-0.2, -0.15) is 0 Å². The van der Waals surface area contributed by atoms with E-state index in [0.29, 0.717) is 28.4 Å². The van der Waals surface area contributed by atoms with Gasteiger partial charge in [-0.25, -0.2) is 14.2 Å². The van der Waals surface area contributed by atoms with Crippen LogP contribution in [-0.2, 0) is 11.3 Å². The van der Waals surface area contributed by atoms with Crippen molar-refractivity contribution in [2.24, 2.45) is 0 Å². The Morgan fingerprint density at radius 2 is 1.76 bits per heavy atom. The summed E-state index contributed by atoms with van der Waals surface area (Å²) in [5.41, 5.74) is 1.05. The van der Waals surface area contributed by atoms with E-state index in [4.69, 9.17) is 13.9 Å². The molecule has 0 amide bonds. The number of esters is 1. The van der Waals surface area contributed by atoms with Gasteiger partial charge in [-0.05, 0) is 60.7 Å². The Morgan fingerprint density at radius 3 is 2.48 bits per heavy atom. The summed E-state index contributed by atoms with van der Waals surface area (Å²) in [6.07, 6.45) is 4.75. The molecule has 0 radical (unpaired) electrons. The molecule has 0 aliphatic rings. The summed E-state index contributed by atoms with van der Waals surface area (Å²) in [4.78, 5) is 20.3. The second-order valence-corrected chi connectivity index (χ2v) is 6.02. The van der Waals surface area contributed by atoms with Gasteiger partial charge in [0.2, 0.25) is 5.89 Å². The minimum Gasteiger partial charge on any atom is -0.456 e. The molecule has 7 heteroatoms. The third kappa shape index (κ3) is 4.65. The number of nitrogens with zero attached hydrogens (tertiary/aromatic N) is 2. The van der Waals surface area contributed by atoms with Crippen molar-refractivity contribution in [1.82, 2.24) is 9.97 Å². The van der Waals surface area contributed by atoms with Crippen LogP contribution in [0, 0.1) is 5.82 Å². The molecule has 0 atom stereocenters. The first kappa shape index (κ1) is 18.4. The fourth-order valence-electron chi connectivity index (χ4n) is 2.54. The molecule has 0 bridgehead atoms. The summed E-state index contributed by atoms with van der Waals surface area (Å²) in [5, 5.41) is 0. The second-order valence-electron chi connectivity index (χ2n) is 6.02. The van der Waals surface area contributed by atoms with Gasteiger partial charge in [0.15, 0.2) is 12.4 Å². The number of ether oxygens (including phenoxy) is 2. The van der Waals surface area contributed by atoms with E-state index >= 15 is 0 Å². The van der Waals surface area contributed by atoms with E-state index in [1.807, 2.05) is 0 Å². The van der Waals surface area contributed by atoms with Crippen molar-refractivity contribution in [1.29, 1.82) is 0 Å². The largest absolute Gasteiger partial charge is 0.456 e. The predicted molar refractivity (Wildman–Crippen MR) is 102 cm³/mol. The number of benzene rings is 2. The molecular weight excluding hydrogens is 375 g/mol. The molecular formula is C22H15FN2O4. The van der Waals surface area contributed by atoms with Gasteiger partial charge in [-0.15, -0.1) is 0 Å². The van der Waals surface area contributed by atoms with Crippen LogP contribution in [0.5, 0.6) is 11.5 Å². The summed E-state index contributed by atoms with van der Waals surface area (Å²) in [6, 6.07) is 15.9. The maximum absolute atomic E-state index is 13.0. The standard InChI is InChI=1S/C22H15FN2O4/c23-17-7-3-15(4-8-17)20-13-25-21(29-20)14-27-22(26)16-5-9-18(10-6-16)28-19-2-1-11-24-12-19/h1-13H,14H2. The molecule has 144 valence electrons. The van der Waals surface area contributed by atoms with Crippen LogP contribution in [0.2, 0.25) is 0 Å². The van der Waals surface area contributed by atoms with Crippen molar-refractivity contribution in [3.05, 3.63) is 96.5 Å². The molecule has 0 fully saturated rings. The van der Waals surface area contributed by atoms with Crippen LogP contribution in [0.4, 0.5) is 4.39 Å². The van der Waals surface area contributed by atoms with Gasteiger partial charge in [0, 0.05) is 11.8 Å². The van der Waals surface area contributed by atoms with E-state index in [9.17, 15) is 9.18 Å². The van der Waals surface area contributed by atoms with E-state index in [2.05, 4.69) is 9.97 Å². The number of oxazole rings is 1. The zero-order valence-corrected chi connectivity index (χ0v) is 15.1. The Hall–Kier alpha value is -4.00. The summed E-state index contributed by atoms with van der Waals surface area (Å²) in [5.74, 6) is 1.04. The average molecular weight is 390 g/mol. The highest BCUT2D eigenvalue weighted by atomic mass is 19.1. The fourth-order valence-corrected chi connectivity index (χ4v) is 2.54. The highest BCUT2D eigenvalue weighted by Crippen LogP contribution is 2.22. The van der Waals surface area contributed by atoms with E-state index in [0.717, 1.165) is 0 Å². The van der Waals surface area contributed by atoms with Crippen LogP contribution in [0.25, 0.3) is 11.3 Å². The normalized spacial score (nSPS) is 10.5. The molecule has 0 aliphatic heterocycles. The first-order chi connectivity index (χ1) is 14.2. The Balaban J connectivity index is 1.34. The molecule has 0 spiro atoms. The van der Waals surface area contributed by atoms with Crippen LogP contribution in [0.1, 0.15) is 16.2 Å². The lowest BCUT2D eigenvalue weighted by molar-refractivity contribution is 0.0439. The van der Waals surface area contributed by atoms with Crippen LogP contribution in [-0.4, -0.2) is 15.9 Å². The van der Waals surface area contributed by atoms with Gasteiger partial charge >= 0.3 is 5.97 Å². The van der Waals surface area contributed by atoms with Crippen LogP contribution in [0.3, 0.4) is 0 Å². The first-order valence-corrected chi connectivity index (χ1v) is 8.73. The van der Waals surface area contributed by atoms with Crippen molar-refractivity contribution < 1.29 is 23.1 Å². The number of halogens is 1. The van der Waals surface area contributed by atoms with Crippen molar-refractivity contribution in [2.75, 3.05) is 0 Å². The third-order valence-corrected chi connectivity index (χ3v) is 3.97. The number of rotatable bonds is 6. The summed E-state index contributed by atoms with van der Waals surface area (Å²) in [6.45, 7) is -0.117. The van der Waals surface area contributed by atoms with Gasteiger partial charge in [0.25, 0.3) is 0 Å². The number of hydrogen-bond acceptors (Lipinski definition) is 6. The Labute approximate surface area is 165 Å². The molecule has 0 aliphatic carbocycles. The third-order valence-electron chi connectivity index (χ3n) is 3.97. The smallest absolute Gasteiger partial charge is 0.338 e. The summed E-state index contributed by atoms with van der Waals surface area (Å²) in [7, 11) is 0. The van der Waals surface area contributed by atoms with Gasteiger partial charge in [0.05, 0.1) is 18.0 Å². The van der Waals surface area contributed by atoms with Crippen LogP contribution >= 0.6 is 0 Å². The molecule has 0 saturated heterocycles. The van der Waals surface area contributed by atoms with Gasteiger partial charge < -0.3 is 13.9 Å². The lowest BCUT2D eigenvalue weighted by atomic mass is 10.2. The van der Waals surface area contributed by atoms with Crippen molar-refractivity contribution in [3.63, 3.8) is 0 Å². The number of aromatic nitrogens is 2. The molecule has 2 aromatic carbocycles. The van der Waals surface area contributed by atoms with Crippen molar-refractivity contribution >= 4 is 5.97 Å². The molecule has 2 aromatic heterocycles. The molecule has 6 nitrogen and oxygen atoms in total. The first-order valence-electron chi connectivity index (χ1n) is 8.73. The minimum absolute atomic E-state index is 0.117. The second kappa shape index (κ2) is 8.35. The summed E-state index contributed by atoms with van der Waals surface area (Å²) < 4.78 is 29.4. The average Bonchev–Trinajstić information content (AvgIpc) is 3.23. The van der Waals surface area contributed by atoms with Crippen molar-refractivity contribution in [2.45, 2.75) is 6.61 Å². The van der Waals surface area contributed by atoms with Gasteiger partial charge in [-0.3, -0.25) is 4.98 Å². The molecule has 29 heavy (non-hydrogen) atoms. The molecule has 0 saturated carbocycles. The minimum atomic E-state index is -0.514. The molecule has 4 aromatic rings. The Morgan fingerprint density at radius 1 is 0.966 bits per heavy atom. The molecule has 4 rings (SSSR count). The fraction of sp³-hybridized carbons (Fsp3) is 0.0455. The lowest BCUT2D eigenvalue weighted by Crippen LogP contribution is -2.05. The highest BCUT2D eigenvalue weighted by Gasteiger charge is 2.12.